The predicted molar refractivity (Wildman–Crippen MR) is 96.2 cm³/mol. The van der Waals surface area contributed by atoms with Gasteiger partial charge in [-0.3, -0.25) is 14.3 Å². The summed E-state index contributed by atoms with van der Waals surface area (Å²) in [6.07, 6.45) is 9.71. The minimum atomic E-state index is -0.105. The van der Waals surface area contributed by atoms with Crippen LogP contribution >= 0.6 is 0 Å². The molecule has 1 aliphatic heterocycles. The molecule has 2 amide bonds. The van der Waals surface area contributed by atoms with Crippen LogP contribution in [-0.2, 0) is 14.1 Å². The number of piperidine rings is 1. The number of hydrogen-bond donors (Lipinski definition) is 1. The van der Waals surface area contributed by atoms with Gasteiger partial charge in [0.15, 0.2) is 0 Å². The van der Waals surface area contributed by atoms with Crippen molar-refractivity contribution in [2.75, 3.05) is 32.5 Å². The summed E-state index contributed by atoms with van der Waals surface area (Å²) < 4.78 is 3.51. The second-order valence-electron chi connectivity index (χ2n) is 6.99. The van der Waals surface area contributed by atoms with Gasteiger partial charge in [0.25, 0.3) is 0 Å². The summed E-state index contributed by atoms with van der Waals surface area (Å²) >= 11 is 0. The molecule has 8 heteroatoms. The molecule has 3 heterocycles. The van der Waals surface area contributed by atoms with Crippen LogP contribution in [0.15, 0.2) is 24.8 Å². The Morgan fingerprint density at radius 3 is 2.60 bits per heavy atom. The highest BCUT2D eigenvalue weighted by atomic mass is 16.2. The number of carbonyl (C=O) groups is 1. The molecule has 1 fully saturated rings. The van der Waals surface area contributed by atoms with Gasteiger partial charge in [0.2, 0.25) is 0 Å². The average Bonchev–Trinajstić information content (AvgIpc) is 3.16. The van der Waals surface area contributed by atoms with Crippen molar-refractivity contribution in [1.82, 2.24) is 29.4 Å². The van der Waals surface area contributed by atoms with Crippen LogP contribution in [0.4, 0.5) is 10.5 Å². The highest BCUT2D eigenvalue weighted by molar-refractivity contribution is 5.88. The lowest BCUT2D eigenvalue weighted by atomic mass is 9.86. The van der Waals surface area contributed by atoms with E-state index in [1.54, 1.807) is 22.0 Å². The smallest absolute Gasteiger partial charge is 0.321 e. The van der Waals surface area contributed by atoms with Crippen LogP contribution in [0.25, 0.3) is 0 Å². The molecule has 0 radical (unpaired) electrons. The third-order valence-electron chi connectivity index (χ3n) is 4.88. The molecule has 8 nitrogen and oxygen atoms in total. The second-order valence-corrected chi connectivity index (χ2v) is 6.99. The van der Waals surface area contributed by atoms with Gasteiger partial charge in [0.05, 0.1) is 18.1 Å². The number of hydrogen-bond acceptors (Lipinski definition) is 4. The number of nitrogens with one attached hydrogen (secondary N) is 1. The van der Waals surface area contributed by atoms with Crippen molar-refractivity contribution in [3.05, 3.63) is 30.4 Å². The maximum Gasteiger partial charge on any atom is 0.321 e. The van der Waals surface area contributed by atoms with Crippen LogP contribution < -0.4 is 5.32 Å². The molecule has 0 bridgehead atoms. The summed E-state index contributed by atoms with van der Waals surface area (Å²) in [5.74, 6) is 0.382. The monoisotopic (exact) mass is 345 g/mol. The van der Waals surface area contributed by atoms with E-state index in [1.165, 1.54) is 5.56 Å². The molecule has 0 aliphatic carbocycles. The van der Waals surface area contributed by atoms with Crippen LogP contribution in [0.1, 0.15) is 24.4 Å². The van der Waals surface area contributed by atoms with Gasteiger partial charge in [-0.15, -0.1) is 0 Å². The Labute approximate surface area is 148 Å². The average molecular weight is 345 g/mol. The number of amides is 2. The summed E-state index contributed by atoms with van der Waals surface area (Å²) in [4.78, 5) is 16.6. The molecular weight excluding hydrogens is 318 g/mol. The fourth-order valence-electron chi connectivity index (χ4n) is 3.71. The highest BCUT2D eigenvalue weighted by Crippen LogP contribution is 2.35. The number of nitrogens with zero attached hydrogens (tertiary/aromatic N) is 6. The van der Waals surface area contributed by atoms with Gasteiger partial charge in [-0.25, -0.2) is 4.79 Å². The first-order valence-electron chi connectivity index (χ1n) is 8.63. The standard InChI is InChI=1S/C17H27N7O/c1-21-7-5-6-13(16(21)14-8-18-23(3)11-14)10-22(2)17(25)20-15-9-19-24(4)12-15/h8-9,11-13,16H,5-7,10H2,1-4H3,(H,20,25)/t13-,16+/m0/s1. The Morgan fingerprint density at radius 1 is 1.24 bits per heavy atom. The Balaban J connectivity index is 1.67. The summed E-state index contributed by atoms with van der Waals surface area (Å²) in [6, 6.07) is 0.183. The van der Waals surface area contributed by atoms with Gasteiger partial charge in [0.1, 0.15) is 0 Å². The molecule has 0 spiro atoms. The fourth-order valence-corrected chi connectivity index (χ4v) is 3.71. The molecule has 136 valence electrons. The molecule has 0 unspecified atom stereocenters. The molecule has 2 atom stereocenters. The van der Waals surface area contributed by atoms with E-state index >= 15 is 0 Å². The van der Waals surface area contributed by atoms with E-state index in [4.69, 9.17) is 0 Å². The number of rotatable bonds is 4. The SMILES string of the molecule is CN(C[C@@H]1CCCN(C)[C@H]1c1cnn(C)c1)C(=O)Nc1cnn(C)c1. The third kappa shape index (κ3) is 4.01. The zero-order valence-electron chi connectivity index (χ0n) is 15.4. The topological polar surface area (TPSA) is 71.2 Å². The van der Waals surface area contributed by atoms with Gasteiger partial charge >= 0.3 is 6.03 Å². The first-order chi connectivity index (χ1) is 11.9. The van der Waals surface area contributed by atoms with Gasteiger partial charge in [-0.05, 0) is 32.4 Å². The number of anilines is 1. The van der Waals surface area contributed by atoms with Crippen LogP contribution in [0.5, 0.6) is 0 Å². The van der Waals surface area contributed by atoms with Crippen LogP contribution in [-0.4, -0.2) is 62.6 Å². The molecule has 1 saturated heterocycles. The minimum absolute atomic E-state index is 0.105. The Kier molecular flexibility index (Phi) is 5.08. The van der Waals surface area contributed by atoms with Crippen molar-refractivity contribution in [3.63, 3.8) is 0 Å². The summed E-state index contributed by atoms with van der Waals surface area (Å²) in [5.41, 5.74) is 1.93. The molecule has 1 aliphatic rings. The Bertz CT molecular complexity index is 722. The molecular formula is C17H27N7O. The van der Waals surface area contributed by atoms with Crippen LogP contribution in [0, 0.1) is 5.92 Å². The van der Waals surface area contributed by atoms with Crippen LogP contribution in [0.3, 0.4) is 0 Å². The quantitative estimate of drug-likeness (QED) is 0.916. The fraction of sp³-hybridized carbons (Fsp3) is 0.588. The Morgan fingerprint density at radius 2 is 1.96 bits per heavy atom. The van der Waals surface area contributed by atoms with Crippen molar-refractivity contribution in [1.29, 1.82) is 0 Å². The summed E-state index contributed by atoms with van der Waals surface area (Å²) in [7, 11) is 7.77. The molecule has 0 saturated carbocycles. The maximum atomic E-state index is 12.5. The van der Waals surface area contributed by atoms with Crippen molar-refractivity contribution >= 4 is 11.7 Å². The first-order valence-corrected chi connectivity index (χ1v) is 8.63. The van der Waals surface area contributed by atoms with E-state index in [1.807, 2.05) is 32.0 Å². The van der Waals surface area contributed by atoms with E-state index in [-0.39, 0.29) is 12.1 Å². The van der Waals surface area contributed by atoms with E-state index < -0.39 is 0 Å². The lowest BCUT2D eigenvalue weighted by molar-refractivity contribution is 0.101. The molecule has 2 aromatic heterocycles. The number of aromatic nitrogens is 4. The van der Waals surface area contributed by atoms with Crippen molar-refractivity contribution in [3.8, 4) is 0 Å². The van der Waals surface area contributed by atoms with Gasteiger partial charge < -0.3 is 10.2 Å². The van der Waals surface area contributed by atoms with Gasteiger partial charge in [-0.1, -0.05) is 0 Å². The van der Waals surface area contributed by atoms with Crippen molar-refractivity contribution in [2.24, 2.45) is 20.0 Å². The molecule has 3 rings (SSSR count). The minimum Gasteiger partial charge on any atom is -0.327 e. The Hall–Kier alpha value is -2.35. The zero-order valence-corrected chi connectivity index (χ0v) is 15.4. The summed E-state index contributed by atoms with van der Waals surface area (Å²) in [6.45, 7) is 1.78. The van der Waals surface area contributed by atoms with E-state index in [0.29, 0.717) is 18.2 Å². The number of urea groups is 1. The van der Waals surface area contributed by atoms with E-state index in [2.05, 4.69) is 33.7 Å². The van der Waals surface area contributed by atoms with E-state index in [0.717, 1.165) is 19.4 Å². The van der Waals surface area contributed by atoms with Gasteiger partial charge in [-0.2, -0.15) is 10.2 Å². The molecule has 2 aromatic rings. The maximum absolute atomic E-state index is 12.5. The van der Waals surface area contributed by atoms with Gasteiger partial charge in [0, 0.05) is 51.7 Å². The number of aryl methyl sites for hydroxylation is 2. The second kappa shape index (κ2) is 7.26. The third-order valence-corrected chi connectivity index (χ3v) is 4.88. The molecule has 1 N–H and O–H groups in total. The number of likely N-dealkylation sites (tertiary alicyclic amines) is 1. The largest absolute Gasteiger partial charge is 0.327 e. The normalized spacial score (nSPS) is 21.3. The zero-order chi connectivity index (χ0) is 18.0. The lowest BCUT2D eigenvalue weighted by Crippen LogP contribution is -2.43. The predicted octanol–water partition coefficient (Wildman–Crippen LogP) is 1.70. The lowest BCUT2D eigenvalue weighted by Gasteiger charge is -2.40. The summed E-state index contributed by atoms with van der Waals surface area (Å²) in [5, 5.41) is 11.3. The van der Waals surface area contributed by atoms with Crippen LogP contribution in [0.2, 0.25) is 0 Å². The van der Waals surface area contributed by atoms with E-state index in [9.17, 15) is 4.79 Å². The highest BCUT2D eigenvalue weighted by Gasteiger charge is 2.32. The number of carbonyl (C=O) groups excluding carboxylic acids is 1. The van der Waals surface area contributed by atoms with Crippen molar-refractivity contribution in [2.45, 2.75) is 18.9 Å². The first kappa shape index (κ1) is 17.5. The van der Waals surface area contributed by atoms with Crippen molar-refractivity contribution < 1.29 is 4.79 Å². The molecule has 0 aromatic carbocycles. The molecule has 25 heavy (non-hydrogen) atoms.